The second-order valence-corrected chi connectivity index (χ2v) is 2.68. The molecule has 0 heterocycles. The second kappa shape index (κ2) is 6.16. The van der Waals surface area contributed by atoms with Crippen LogP contribution in [0.15, 0.2) is 0 Å². The van der Waals surface area contributed by atoms with Gasteiger partial charge in [-0.1, -0.05) is 19.8 Å². The Labute approximate surface area is 67.9 Å². The van der Waals surface area contributed by atoms with Crippen LogP contribution in [0, 0.1) is 0 Å². The quantitative estimate of drug-likeness (QED) is 0.610. The number of rotatable bonds is 5. The smallest absolute Gasteiger partial charge is 0.307 e. The van der Waals surface area contributed by atoms with Crippen LogP contribution in [0.1, 0.15) is 32.6 Å². The average Bonchev–Trinajstić information content (AvgIpc) is 2.00. The molecule has 0 aromatic rings. The van der Waals surface area contributed by atoms with Crippen LogP contribution in [-0.2, 0) is 9.53 Å². The number of nitrogens with two attached hydrogens (primary N) is 1. The van der Waals surface area contributed by atoms with E-state index in [1.807, 2.05) is 0 Å². The number of hydrogen-bond donors (Lipinski definition) is 1. The number of carbonyl (C=O) groups is 1. The van der Waals surface area contributed by atoms with Crippen molar-refractivity contribution in [3.05, 3.63) is 0 Å². The zero-order valence-electron chi connectivity index (χ0n) is 7.30. The van der Waals surface area contributed by atoms with Gasteiger partial charge in [0.05, 0.1) is 13.5 Å². The lowest BCUT2D eigenvalue weighted by Gasteiger charge is -2.07. The Morgan fingerprint density at radius 2 is 2.27 bits per heavy atom. The van der Waals surface area contributed by atoms with Crippen LogP contribution in [-0.4, -0.2) is 19.1 Å². The van der Waals surface area contributed by atoms with Gasteiger partial charge in [0.25, 0.3) is 0 Å². The fraction of sp³-hybridized carbons (Fsp3) is 0.875. The van der Waals surface area contributed by atoms with E-state index in [2.05, 4.69) is 11.7 Å². The van der Waals surface area contributed by atoms with Crippen LogP contribution in [0.25, 0.3) is 0 Å². The Hall–Kier alpha value is -0.570. The molecular formula is C8H17NO2. The second-order valence-electron chi connectivity index (χ2n) is 2.68. The van der Waals surface area contributed by atoms with Crippen LogP contribution in [0.5, 0.6) is 0 Å². The molecular weight excluding hydrogens is 142 g/mol. The molecule has 11 heavy (non-hydrogen) atoms. The van der Waals surface area contributed by atoms with Gasteiger partial charge < -0.3 is 10.5 Å². The molecule has 66 valence electrons. The van der Waals surface area contributed by atoms with Gasteiger partial charge in [0.1, 0.15) is 0 Å². The zero-order valence-corrected chi connectivity index (χ0v) is 7.30. The molecule has 3 heteroatoms. The van der Waals surface area contributed by atoms with Crippen molar-refractivity contribution in [1.82, 2.24) is 0 Å². The molecule has 0 amide bonds. The number of methoxy groups -OCH3 is 1. The highest BCUT2D eigenvalue weighted by atomic mass is 16.5. The van der Waals surface area contributed by atoms with Crippen molar-refractivity contribution in [2.75, 3.05) is 7.11 Å². The van der Waals surface area contributed by atoms with Crippen LogP contribution in [0.2, 0.25) is 0 Å². The van der Waals surface area contributed by atoms with Gasteiger partial charge in [-0.3, -0.25) is 4.79 Å². The lowest BCUT2D eigenvalue weighted by Crippen LogP contribution is -2.24. The first-order valence-electron chi connectivity index (χ1n) is 4.03. The lowest BCUT2D eigenvalue weighted by atomic mass is 10.1. The van der Waals surface area contributed by atoms with E-state index in [-0.39, 0.29) is 12.0 Å². The SMILES string of the molecule is CCCC[C@H](N)CC(=O)OC. The van der Waals surface area contributed by atoms with E-state index in [0.29, 0.717) is 6.42 Å². The van der Waals surface area contributed by atoms with Crippen molar-refractivity contribution in [1.29, 1.82) is 0 Å². The van der Waals surface area contributed by atoms with E-state index < -0.39 is 0 Å². The van der Waals surface area contributed by atoms with E-state index in [1.54, 1.807) is 0 Å². The van der Waals surface area contributed by atoms with Crippen LogP contribution in [0.3, 0.4) is 0 Å². The average molecular weight is 159 g/mol. The summed E-state index contributed by atoms with van der Waals surface area (Å²) >= 11 is 0. The molecule has 0 fully saturated rings. The van der Waals surface area contributed by atoms with Gasteiger partial charge in [-0.2, -0.15) is 0 Å². The summed E-state index contributed by atoms with van der Waals surface area (Å²) in [5.41, 5.74) is 5.64. The molecule has 2 N–H and O–H groups in total. The van der Waals surface area contributed by atoms with Crippen molar-refractivity contribution < 1.29 is 9.53 Å². The molecule has 0 aliphatic carbocycles. The summed E-state index contributed by atoms with van der Waals surface area (Å²) in [5, 5.41) is 0. The highest BCUT2D eigenvalue weighted by Crippen LogP contribution is 2.02. The Kier molecular flexibility index (Phi) is 5.84. The number of unbranched alkanes of at least 4 members (excludes halogenated alkanes) is 1. The first kappa shape index (κ1) is 10.4. The first-order chi connectivity index (χ1) is 5.20. The molecule has 0 aromatic carbocycles. The van der Waals surface area contributed by atoms with Gasteiger partial charge in [0.2, 0.25) is 0 Å². The maximum atomic E-state index is 10.7. The topological polar surface area (TPSA) is 52.3 Å². The van der Waals surface area contributed by atoms with Crippen molar-refractivity contribution in [2.45, 2.75) is 38.6 Å². The molecule has 0 saturated carbocycles. The van der Waals surface area contributed by atoms with Crippen molar-refractivity contribution in [3.8, 4) is 0 Å². The molecule has 0 aromatic heterocycles. The van der Waals surface area contributed by atoms with E-state index in [4.69, 9.17) is 5.73 Å². The van der Waals surface area contributed by atoms with Crippen molar-refractivity contribution in [2.24, 2.45) is 5.73 Å². The summed E-state index contributed by atoms with van der Waals surface area (Å²) in [6.45, 7) is 2.10. The van der Waals surface area contributed by atoms with Gasteiger partial charge in [-0.25, -0.2) is 0 Å². The zero-order chi connectivity index (χ0) is 8.69. The maximum absolute atomic E-state index is 10.7. The molecule has 0 radical (unpaired) electrons. The third-order valence-corrected chi connectivity index (χ3v) is 1.58. The van der Waals surface area contributed by atoms with E-state index in [1.165, 1.54) is 7.11 Å². The maximum Gasteiger partial charge on any atom is 0.307 e. The molecule has 1 atom stereocenters. The van der Waals surface area contributed by atoms with Gasteiger partial charge in [-0.05, 0) is 6.42 Å². The van der Waals surface area contributed by atoms with Gasteiger partial charge >= 0.3 is 5.97 Å². The van der Waals surface area contributed by atoms with Gasteiger partial charge in [-0.15, -0.1) is 0 Å². The monoisotopic (exact) mass is 159 g/mol. The fourth-order valence-corrected chi connectivity index (χ4v) is 0.866. The normalized spacial score (nSPS) is 12.6. The third kappa shape index (κ3) is 5.85. The van der Waals surface area contributed by atoms with Crippen molar-refractivity contribution in [3.63, 3.8) is 0 Å². The number of hydrogen-bond acceptors (Lipinski definition) is 3. The Morgan fingerprint density at radius 3 is 2.73 bits per heavy atom. The minimum Gasteiger partial charge on any atom is -0.469 e. The minimum absolute atomic E-state index is 0.0256. The Morgan fingerprint density at radius 1 is 1.64 bits per heavy atom. The number of esters is 1. The highest BCUT2D eigenvalue weighted by molar-refractivity contribution is 5.69. The summed E-state index contributed by atoms with van der Waals surface area (Å²) in [6, 6.07) is -0.0256. The summed E-state index contributed by atoms with van der Waals surface area (Å²) in [5.74, 6) is -0.214. The standard InChI is InChI=1S/C8H17NO2/c1-3-4-5-7(9)6-8(10)11-2/h7H,3-6,9H2,1-2H3/t7-/m0/s1. The van der Waals surface area contributed by atoms with Crippen LogP contribution < -0.4 is 5.73 Å². The minimum atomic E-state index is -0.214. The van der Waals surface area contributed by atoms with E-state index >= 15 is 0 Å². The van der Waals surface area contributed by atoms with Crippen molar-refractivity contribution >= 4 is 5.97 Å². The molecule has 0 rings (SSSR count). The predicted octanol–water partition coefficient (Wildman–Crippen LogP) is 1.07. The number of carbonyl (C=O) groups excluding carboxylic acids is 1. The summed E-state index contributed by atoms with van der Waals surface area (Å²) in [6.07, 6.45) is 3.45. The van der Waals surface area contributed by atoms with Gasteiger partial charge in [0, 0.05) is 6.04 Å². The number of ether oxygens (including phenoxy) is 1. The predicted molar refractivity (Wildman–Crippen MR) is 44.1 cm³/mol. The third-order valence-electron chi connectivity index (χ3n) is 1.58. The Bertz CT molecular complexity index is 115. The van der Waals surface area contributed by atoms with E-state index in [9.17, 15) is 4.79 Å². The molecule has 0 bridgehead atoms. The summed E-state index contributed by atoms with van der Waals surface area (Å²) in [7, 11) is 1.38. The summed E-state index contributed by atoms with van der Waals surface area (Å²) in [4.78, 5) is 10.7. The lowest BCUT2D eigenvalue weighted by molar-refractivity contribution is -0.141. The summed E-state index contributed by atoms with van der Waals surface area (Å²) < 4.78 is 4.48. The molecule has 0 aliphatic rings. The Balaban J connectivity index is 3.35. The highest BCUT2D eigenvalue weighted by Gasteiger charge is 2.07. The molecule has 0 spiro atoms. The fourth-order valence-electron chi connectivity index (χ4n) is 0.866. The molecule has 0 saturated heterocycles. The first-order valence-corrected chi connectivity index (χ1v) is 4.03. The van der Waals surface area contributed by atoms with E-state index in [0.717, 1.165) is 19.3 Å². The van der Waals surface area contributed by atoms with Gasteiger partial charge in [0.15, 0.2) is 0 Å². The molecule has 0 unspecified atom stereocenters. The molecule has 3 nitrogen and oxygen atoms in total. The van der Waals surface area contributed by atoms with Crippen LogP contribution in [0.4, 0.5) is 0 Å². The molecule has 0 aliphatic heterocycles. The van der Waals surface area contributed by atoms with Crippen LogP contribution >= 0.6 is 0 Å². The largest absolute Gasteiger partial charge is 0.469 e.